The Bertz CT molecular complexity index is 257. The minimum absolute atomic E-state index is 0.175. The van der Waals surface area contributed by atoms with Gasteiger partial charge in [0, 0.05) is 6.04 Å². The summed E-state index contributed by atoms with van der Waals surface area (Å²) in [5.41, 5.74) is 0. The number of aliphatic hydroxyl groups excluding tert-OH is 1. The largest absolute Gasteiger partial charge is 0.393 e. The molecule has 0 bridgehead atoms. The molecule has 0 aliphatic heterocycles. The van der Waals surface area contributed by atoms with E-state index in [2.05, 4.69) is 4.72 Å². The Morgan fingerprint density at radius 1 is 1.46 bits per heavy atom. The van der Waals surface area contributed by atoms with Crippen molar-refractivity contribution in [3.05, 3.63) is 0 Å². The van der Waals surface area contributed by atoms with Crippen LogP contribution in [-0.4, -0.2) is 30.9 Å². The van der Waals surface area contributed by atoms with Gasteiger partial charge in [0.15, 0.2) is 0 Å². The molecule has 1 rings (SSSR count). The van der Waals surface area contributed by atoms with Gasteiger partial charge in [-0.05, 0) is 33.1 Å². The molecule has 13 heavy (non-hydrogen) atoms. The molecule has 5 heteroatoms. The molecule has 0 aromatic carbocycles. The highest BCUT2D eigenvalue weighted by Gasteiger charge is 2.36. The fraction of sp³-hybridized carbons (Fsp3) is 1.00. The van der Waals surface area contributed by atoms with Crippen LogP contribution in [0.15, 0.2) is 0 Å². The summed E-state index contributed by atoms with van der Waals surface area (Å²) in [6.07, 6.45) is 1.55. The van der Waals surface area contributed by atoms with Crippen molar-refractivity contribution in [1.29, 1.82) is 0 Å². The van der Waals surface area contributed by atoms with Crippen LogP contribution in [0.25, 0.3) is 0 Å². The number of sulfonamides is 1. The molecule has 1 fully saturated rings. The molecule has 0 amide bonds. The molecule has 0 heterocycles. The lowest BCUT2D eigenvalue weighted by molar-refractivity contribution is 0.175. The van der Waals surface area contributed by atoms with Gasteiger partial charge in [0.25, 0.3) is 0 Å². The van der Waals surface area contributed by atoms with E-state index in [0.29, 0.717) is 6.42 Å². The summed E-state index contributed by atoms with van der Waals surface area (Å²) in [5.74, 6) is 0. The summed E-state index contributed by atoms with van der Waals surface area (Å²) >= 11 is 0. The van der Waals surface area contributed by atoms with Gasteiger partial charge in [-0.15, -0.1) is 0 Å². The molecule has 0 saturated heterocycles. The summed E-state index contributed by atoms with van der Waals surface area (Å²) in [6, 6.07) is -0.175. The number of hydrogen-bond donors (Lipinski definition) is 2. The molecule has 1 saturated carbocycles. The quantitative estimate of drug-likeness (QED) is 0.678. The van der Waals surface area contributed by atoms with Gasteiger partial charge in [0.1, 0.15) is 0 Å². The van der Waals surface area contributed by atoms with E-state index in [-0.39, 0.29) is 11.3 Å². The van der Waals surface area contributed by atoms with Gasteiger partial charge in [-0.2, -0.15) is 0 Å². The highest BCUT2D eigenvalue weighted by Crippen LogP contribution is 2.27. The fourth-order valence-electron chi connectivity index (χ4n) is 1.31. The van der Waals surface area contributed by atoms with E-state index in [1.54, 1.807) is 13.8 Å². The maximum absolute atomic E-state index is 11.4. The standard InChI is InChI=1S/C8H17NO3S/c1-6(5-7(2)10)9-13(11,12)8-3-4-8/h6-10H,3-5H2,1-2H3. The average Bonchev–Trinajstić information content (AvgIpc) is 2.60. The van der Waals surface area contributed by atoms with E-state index in [0.717, 1.165) is 12.8 Å². The summed E-state index contributed by atoms with van der Waals surface area (Å²) < 4.78 is 25.3. The second-order valence-electron chi connectivity index (χ2n) is 3.85. The van der Waals surface area contributed by atoms with Gasteiger partial charge in [0.2, 0.25) is 10.0 Å². The van der Waals surface area contributed by atoms with Crippen molar-refractivity contribution in [2.45, 2.75) is 50.5 Å². The van der Waals surface area contributed by atoms with Crippen molar-refractivity contribution in [2.24, 2.45) is 0 Å². The van der Waals surface area contributed by atoms with Crippen LogP contribution in [0.4, 0.5) is 0 Å². The van der Waals surface area contributed by atoms with Crippen LogP contribution < -0.4 is 4.72 Å². The smallest absolute Gasteiger partial charge is 0.214 e. The number of rotatable bonds is 5. The fourth-order valence-corrected chi connectivity index (χ4v) is 2.92. The first-order valence-electron chi connectivity index (χ1n) is 4.61. The second kappa shape index (κ2) is 3.94. The Kier molecular flexibility index (Phi) is 3.32. The molecule has 4 nitrogen and oxygen atoms in total. The third-order valence-corrected chi connectivity index (χ3v) is 4.10. The highest BCUT2D eigenvalue weighted by molar-refractivity contribution is 7.90. The highest BCUT2D eigenvalue weighted by atomic mass is 32.2. The minimum atomic E-state index is -3.09. The van der Waals surface area contributed by atoms with Gasteiger partial charge >= 0.3 is 0 Å². The first-order chi connectivity index (χ1) is 5.92. The van der Waals surface area contributed by atoms with Crippen LogP contribution >= 0.6 is 0 Å². The molecule has 1 aliphatic rings. The summed E-state index contributed by atoms with van der Waals surface area (Å²) in [7, 11) is -3.09. The normalized spacial score (nSPS) is 22.7. The Labute approximate surface area is 79.4 Å². The zero-order chi connectivity index (χ0) is 10.1. The Morgan fingerprint density at radius 3 is 2.38 bits per heavy atom. The van der Waals surface area contributed by atoms with Crippen LogP contribution in [0, 0.1) is 0 Å². The predicted octanol–water partition coefficient (Wildman–Crippen LogP) is 0.228. The van der Waals surface area contributed by atoms with E-state index in [1.165, 1.54) is 0 Å². The molecule has 0 aromatic heterocycles. The topological polar surface area (TPSA) is 66.4 Å². The summed E-state index contributed by atoms with van der Waals surface area (Å²) in [5, 5.41) is 8.86. The molecule has 78 valence electrons. The van der Waals surface area contributed by atoms with Crippen molar-refractivity contribution >= 4 is 10.0 Å². The van der Waals surface area contributed by atoms with Gasteiger partial charge in [-0.1, -0.05) is 0 Å². The van der Waals surface area contributed by atoms with Crippen molar-refractivity contribution < 1.29 is 13.5 Å². The van der Waals surface area contributed by atoms with Gasteiger partial charge < -0.3 is 5.11 Å². The van der Waals surface area contributed by atoms with Crippen molar-refractivity contribution in [3.63, 3.8) is 0 Å². The van der Waals surface area contributed by atoms with E-state index in [1.807, 2.05) is 0 Å². The predicted molar refractivity (Wildman–Crippen MR) is 50.8 cm³/mol. The van der Waals surface area contributed by atoms with Crippen molar-refractivity contribution in [3.8, 4) is 0 Å². The summed E-state index contributed by atoms with van der Waals surface area (Å²) in [6.45, 7) is 3.43. The van der Waals surface area contributed by atoms with E-state index in [4.69, 9.17) is 5.11 Å². The lowest BCUT2D eigenvalue weighted by atomic mass is 10.2. The van der Waals surface area contributed by atoms with E-state index in [9.17, 15) is 8.42 Å². The van der Waals surface area contributed by atoms with Crippen molar-refractivity contribution in [2.75, 3.05) is 0 Å². The van der Waals surface area contributed by atoms with Gasteiger partial charge in [-0.25, -0.2) is 13.1 Å². The Hall–Kier alpha value is -0.130. The maximum atomic E-state index is 11.4. The lowest BCUT2D eigenvalue weighted by Gasteiger charge is -2.14. The third-order valence-electron chi connectivity index (χ3n) is 2.02. The Morgan fingerprint density at radius 2 is 2.00 bits per heavy atom. The molecule has 0 aromatic rings. The molecular formula is C8H17NO3S. The molecule has 0 spiro atoms. The average molecular weight is 207 g/mol. The molecule has 0 radical (unpaired) electrons. The van der Waals surface area contributed by atoms with Gasteiger partial charge in [0.05, 0.1) is 11.4 Å². The van der Waals surface area contributed by atoms with Crippen LogP contribution in [0.3, 0.4) is 0 Å². The van der Waals surface area contributed by atoms with E-state index < -0.39 is 16.1 Å². The molecule has 2 unspecified atom stereocenters. The zero-order valence-corrected chi connectivity index (χ0v) is 8.84. The van der Waals surface area contributed by atoms with Crippen LogP contribution in [0.5, 0.6) is 0 Å². The first kappa shape index (κ1) is 10.9. The zero-order valence-electron chi connectivity index (χ0n) is 8.03. The second-order valence-corrected chi connectivity index (χ2v) is 5.84. The Balaban J connectivity index is 2.38. The lowest BCUT2D eigenvalue weighted by Crippen LogP contribution is -2.36. The molecule has 2 atom stereocenters. The van der Waals surface area contributed by atoms with Crippen LogP contribution in [-0.2, 0) is 10.0 Å². The number of nitrogens with one attached hydrogen (secondary N) is 1. The number of aliphatic hydroxyl groups is 1. The first-order valence-corrected chi connectivity index (χ1v) is 6.15. The third kappa shape index (κ3) is 3.62. The summed E-state index contributed by atoms with van der Waals surface area (Å²) in [4.78, 5) is 0. The van der Waals surface area contributed by atoms with E-state index >= 15 is 0 Å². The molecule has 2 N–H and O–H groups in total. The monoisotopic (exact) mass is 207 g/mol. The molecule has 1 aliphatic carbocycles. The minimum Gasteiger partial charge on any atom is -0.393 e. The van der Waals surface area contributed by atoms with Gasteiger partial charge in [-0.3, -0.25) is 0 Å². The molecular weight excluding hydrogens is 190 g/mol. The SMILES string of the molecule is CC(O)CC(C)NS(=O)(=O)C1CC1. The van der Waals surface area contributed by atoms with Crippen molar-refractivity contribution in [1.82, 2.24) is 4.72 Å². The van der Waals surface area contributed by atoms with Crippen LogP contribution in [0.2, 0.25) is 0 Å². The van der Waals surface area contributed by atoms with Crippen LogP contribution in [0.1, 0.15) is 33.1 Å². The number of hydrogen-bond acceptors (Lipinski definition) is 3. The maximum Gasteiger partial charge on any atom is 0.214 e.